The SMILES string of the molecule is O=C(CN1CCCN([C@@H]2COC[C@H]2O)CC1)N1CCc2ccccc21. The molecule has 0 aliphatic carbocycles. The third kappa shape index (κ3) is 3.58. The largest absolute Gasteiger partial charge is 0.389 e. The number of fused-ring (bicyclic) bond motifs is 1. The molecule has 136 valence electrons. The van der Waals surface area contributed by atoms with Crippen LogP contribution in [-0.2, 0) is 16.0 Å². The van der Waals surface area contributed by atoms with Crippen LogP contribution in [0.4, 0.5) is 5.69 Å². The van der Waals surface area contributed by atoms with Crippen LogP contribution in [-0.4, -0.2) is 85.4 Å². The molecule has 4 rings (SSSR count). The number of aliphatic hydroxyl groups excluding tert-OH is 1. The number of hydrogen-bond donors (Lipinski definition) is 1. The predicted molar refractivity (Wildman–Crippen MR) is 95.7 cm³/mol. The van der Waals surface area contributed by atoms with Gasteiger partial charge in [0.05, 0.1) is 31.9 Å². The number of carbonyl (C=O) groups excluding carboxylic acids is 1. The highest BCUT2D eigenvalue weighted by atomic mass is 16.5. The van der Waals surface area contributed by atoms with Gasteiger partial charge in [0, 0.05) is 25.3 Å². The highest BCUT2D eigenvalue weighted by molar-refractivity contribution is 5.96. The number of anilines is 1. The Balaban J connectivity index is 1.33. The van der Waals surface area contributed by atoms with Crippen LogP contribution in [0.25, 0.3) is 0 Å². The number of para-hydroxylation sites is 1. The molecule has 6 nitrogen and oxygen atoms in total. The minimum absolute atomic E-state index is 0.112. The molecule has 1 aromatic rings. The minimum Gasteiger partial charge on any atom is -0.389 e. The van der Waals surface area contributed by atoms with Crippen LogP contribution < -0.4 is 4.90 Å². The van der Waals surface area contributed by atoms with Crippen LogP contribution in [0.15, 0.2) is 24.3 Å². The lowest BCUT2D eigenvalue weighted by molar-refractivity contribution is -0.119. The third-order valence-corrected chi connectivity index (χ3v) is 5.66. The van der Waals surface area contributed by atoms with Gasteiger partial charge < -0.3 is 14.7 Å². The second-order valence-electron chi connectivity index (χ2n) is 7.26. The first-order valence-electron chi connectivity index (χ1n) is 9.33. The van der Waals surface area contributed by atoms with E-state index in [0.29, 0.717) is 19.8 Å². The van der Waals surface area contributed by atoms with E-state index in [4.69, 9.17) is 4.74 Å². The lowest BCUT2D eigenvalue weighted by atomic mass is 10.2. The Bertz CT molecular complexity index is 624. The third-order valence-electron chi connectivity index (χ3n) is 5.66. The van der Waals surface area contributed by atoms with Crippen molar-refractivity contribution in [2.75, 3.05) is 57.4 Å². The number of carbonyl (C=O) groups is 1. The molecule has 0 radical (unpaired) electrons. The molecule has 3 aliphatic rings. The Hall–Kier alpha value is -1.47. The number of hydrogen-bond acceptors (Lipinski definition) is 5. The Kier molecular flexibility index (Phi) is 5.03. The van der Waals surface area contributed by atoms with Crippen molar-refractivity contribution in [3.63, 3.8) is 0 Å². The number of aliphatic hydroxyl groups is 1. The summed E-state index contributed by atoms with van der Waals surface area (Å²) < 4.78 is 5.39. The van der Waals surface area contributed by atoms with E-state index in [2.05, 4.69) is 15.9 Å². The number of benzene rings is 1. The molecule has 2 fully saturated rings. The molecule has 0 bridgehead atoms. The molecule has 0 saturated carbocycles. The van der Waals surface area contributed by atoms with Gasteiger partial charge in [-0.3, -0.25) is 14.6 Å². The summed E-state index contributed by atoms with van der Waals surface area (Å²) in [5.74, 6) is 0.197. The van der Waals surface area contributed by atoms with Crippen molar-refractivity contribution in [3.8, 4) is 0 Å². The zero-order chi connectivity index (χ0) is 17.2. The Morgan fingerprint density at radius 3 is 2.84 bits per heavy atom. The zero-order valence-electron chi connectivity index (χ0n) is 14.6. The summed E-state index contributed by atoms with van der Waals surface area (Å²) >= 11 is 0. The smallest absolute Gasteiger partial charge is 0.241 e. The minimum atomic E-state index is -0.380. The van der Waals surface area contributed by atoms with Crippen LogP contribution in [0.3, 0.4) is 0 Å². The maximum Gasteiger partial charge on any atom is 0.241 e. The summed E-state index contributed by atoms with van der Waals surface area (Å²) in [6.07, 6.45) is 1.59. The molecule has 0 spiro atoms. The number of rotatable bonds is 3. The number of ether oxygens (including phenoxy) is 1. The molecule has 3 heterocycles. The topological polar surface area (TPSA) is 56.3 Å². The molecular formula is C19H27N3O3. The average molecular weight is 345 g/mol. The molecule has 0 unspecified atom stereocenters. The summed E-state index contributed by atoms with van der Waals surface area (Å²) in [4.78, 5) is 19.3. The average Bonchev–Trinajstić information content (AvgIpc) is 3.17. The summed E-state index contributed by atoms with van der Waals surface area (Å²) in [5, 5.41) is 10.0. The van der Waals surface area contributed by atoms with E-state index in [-0.39, 0.29) is 18.1 Å². The quantitative estimate of drug-likeness (QED) is 0.856. The van der Waals surface area contributed by atoms with E-state index < -0.39 is 0 Å². The summed E-state index contributed by atoms with van der Waals surface area (Å²) in [6.45, 7) is 5.97. The van der Waals surface area contributed by atoms with Crippen molar-refractivity contribution in [2.24, 2.45) is 0 Å². The molecule has 1 amide bonds. The molecule has 1 aromatic carbocycles. The molecule has 3 aliphatic heterocycles. The lowest BCUT2D eigenvalue weighted by Gasteiger charge is -2.28. The van der Waals surface area contributed by atoms with E-state index in [1.54, 1.807) is 0 Å². The van der Waals surface area contributed by atoms with Gasteiger partial charge in [0.15, 0.2) is 0 Å². The standard InChI is InChI=1S/C19H27N3O3/c23-18-14-25-13-17(18)21-8-3-7-20(10-11-21)12-19(24)22-9-6-15-4-1-2-5-16(15)22/h1-2,4-5,17-18,23H,3,6-14H2/t17-,18-/m1/s1. The zero-order valence-corrected chi connectivity index (χ0v) is 14.6. The second kappa shape index (κ2) is 7.41. The van der Waals surface area contributed by atoms with Gasteiger partial charge in [-0.15, -0.1) is 0 Å². The van der Waals surface area contributed by atoms with Gasteiger partial charge in [0.1, 0.15) is 0 Å². The summed E-state index contributed by atoms with van der Waals surface area (Å²) in [5.41, 5.74) is 2.35. The van der Waals surface area contributed by atoms with E-state index >= 15 is 0 Å². The maximum absolute atomic E-state index is 12.8. The highest BCUT2D eigenvalue weighted by Gasteiger charge is 2.33. The molecule has 25 heavy (non-hydrogen) atoms. The van der Waals surface area contributed by atoms with Crippen LogP contribution in [0.1, 0.15) is 12.0 Å². The van der Waals surface area contributed by atoms with Crippen molar-refractivity contribution in [1.29, 1.82) is 0 Å². The van der Waals surface area contributed by atoms with Gasteiger partial charge in [-0.05, 0) is 37.6 Å². The van der Waals surface area contributed by atoms with Gasteiger partial charge >= 0.3 is 0 Å². The van der Waals surface area contributed by atoms with Gasteiger partial charge in [-0.1, -0.05) is 18.2 Å². The van der Waals surface area contributed by atoms with Crippen molar-refractivity contribution >= 4 is 11.6 Å². The van der Waals surface area contributed by atoms with Gasteiger partial charge in [-0.25, -0.2) is 0 Å². The molecular weight excluding hydrogens is 318 g/mol. The molecule has 0 aromatic heterocycles. The second-order valence-corrected chi connectivity index (χ2v) is 7.26. The summed E-state index contributed by atoms with van der Waals surface area (Å²) in [7, 11) is 0. The van der Waals surface area contributed by atoms with Crippen molar-refractivity contribution in [1.82, 2.24) is 9.80 Å². The Morgan fingerprint density at radius 1 is 1.12 bits per heavy atom. The fourth-order valence-electron chi connectivity index (χ4n) is 4.24. The van der Waals surface area contributed by atoms with E-state index in [9.17, 15) is 9.90 Å². The first-order chi connectivity index (χ1) is 12.2. The fourth-order valence-corrected chi connectivity index (χ4v) is 4.24. The van der Waals surface area contributed by atoms with Gasteiger partial charge in [0.25, 0.3) is 0 Å². The van der Waals surface area contributed by atoms with Crippen LogP contribution in [0.2, 0.25) is 0 Å². The van der Waals surface area contributed by atoms with Crippen molar-refractivity contribution in [2.45, 2.75) is 25.0 Å². The van der Waals surface area contributed by atoms with Crippen molar-refractivity contribution in [3.05, 3.63) is 29.8 Å². The van der Waals surface area contributed by atoms with Crippen LogP contribution in [0.5, 0.6) is 0 Å². The van der Waals surface area contributed by atoms with Crippen LogP contribution >= 0.6 is 0 Å². The lowest BCUT2D eigenvalue weighted by Crippen LogP contribution is -2.45. The van der Waals surface area contributed by atoms with E-state index in [1.165, 1.54) is 5.56 Å². The first-order valence-corrected chi connectivity index (χ1v) is 9.33. The predicted octanol–water partition coefficient (Wildman–Crippen LogP) is 0.343. The number of nitrogens with zero attached hydrogens (tertiary/aromatic N) is 3. The molecule has 1 N–H and O–H groups in total. The van der Waals surface area contributed by atoms with Gasteiger partial charge in [-0.2, -0.15) is 0 Å². The normalized spacial score (nSPS) is 28.1. The molecule has 2 saturated heterocycles. The molecule has 2 atom stereocenters. The Labute approximate surface area is 149 Å². The van der Waals surface area contributed by atoms with E-state index in [1.807, 2.05) is 23.1 Å². The van der Waals surface area contributed by atoms with Crippen molar-refractivity contribution < 1.29 is 14.6 Å². The highest BCUT2D eigenvalue weighted by Crippen LogP contribution is 2.27. The van der Waals surface area contributed by atoms with E-state index in [0.717, 1.165) is 51.3 Å². The molecule has 6 heteroatoms. The number of amides is 1. The summed E-state index contributed by atoms with van der Waals surface area (Å²) in [6, 6.07) is 8.31. The van der Waals surface area contributed by atoms with Crippen LogP contribution in [0, 0.1) is 0 Å². The Morgan fingerprint density at radius 2 is 2.00 bits per heavy atom. The van der Waals surface area contributed by atoms with Gasteiger partial charge in [0.2, 0.25) is 5.91 Å². The first kappa shape index (κ1) is 17.0. The fraction of sp³-hybridized carbons (Fsp3) is 0.632. The maximum atomic E-state index is 12.8. The monoisotopic (exact) mass is 345 g/mol.